The number of aliphatic carboxylic acids is 1. The molecule has 59 heavy (non-hydrogen) atoms. The minimum atomic E-state index is -5.08. The first-order valence-electron chi connectivity index (χ1n) is 21.8. The van der Waals surface area contributed by atoms with Gasteiger partial charge in [-0.3, -0.25) is 19.4 Å². The second-order valence-electron chi connectivity index (χ2n) is 17.6. The summed E-state index contributed by atoms with van der Waals surface area (Å²) in [5.41, 5.74) is 6.92. The summed E-state index contributed by atoms with van der Waals surface area (Å²) >= 11 is 0. The van der Waals surface area contributed by atoms with E-state index in [4.69, 9.17) is 14.6 Å². The van der Waals surface area contributed by atoms with Crippen LogP contribution in [0.1, 0.15) is 147 Å². The van der Waals surface area contributed by atoms with Crippen LogP contribution in [0.4, 0.5) is 13.2 Å². The van der Waals surface area contributed by atoms with Crippen molar-refractivity contribution in [1.29, 1.82) is 0 Å². The maximum atomic E-state index is 13.1. The minimum Gasteiger partial charge on any atom is -0.484 e. The van der Waals surface area contributed by atoms with Gasteiger partial charge in [0.2, 0.25) is 0 Å². The molecule has 9 rings (SSSR count). The van der Waals surface area contributed by atoms with Crippen molar-refractivity contribution >= 4 is 17.8 Å². The molecule has 0 aromatic heterocycles. The molecule has 4 fully saturated rings. The number of alkyl halides is 3. The Morgan fingerprint density at radius 2 is 0.983 bits per heavy atom. The first kappa shape index (κ1) is 41.3. The average molecular weight is 815 g/mol. The van der Waals surface area contributed by atoms with Gasteiger partial charge in [0, 0.05) is 41.8 Å². The Kier molecular flexibility index (Phi) is 12.6. The van der Waals surface area contributed by atoms with Gasteiger partial charge in [0.05, 0.1) is 0 Å². The number of carbonyl (C=O) groups excluding carboxylic acids is 2. The lowest BCUT2D eigenvalue weighted by molar-refractivity contribution is -0.192. The van der Waals surface area contributed by atoms with E-state index in [2.05, 4.69) is 69.0 Å². The Bertz CT molecular complexity index is 1880. The van der Waals surface area contributed by atoms with E-state index in [1.54, 1.807) is 34.4 Å². The van der Waals surface area contributed by atoms with E-state index >= 15 is 0 Å². The zero-order valence-corrected chi connectivity index (χ0v) is 33.7. The molecule has 2 saturated carbocycles. The summed E-state index contributed by atoms with van der Waals surface area (Å²) in [6.45, 7) is 2.38. The largest absolute Gasteiger partial charge is 0.490 e. The summed E-state index contributed by atoms with van der Waals surface area (Å²) in [5, 5.41) is 13.6. The van der Waals surface area contributed by atoms with Crippen LogP contribution in [-0.2, 0) is 9.59 Å². The highest BCUT2D eigenvalue weighted by molar-refractivity contribution is 5.94. The van der Waals surface area contributed by atoms with Crippen LogP contribution in [-0.4, -0.2) is 70.6 Å². The van der Waals surface area contributed by atoms with Gasteiger partial charge < -0.3 is 20.5 Å². The van der Waals surface area contributed by atoms with Gasteiger partial charge in [0.15, 0.2) is 6.61 Å². The summed E-state index contributed by atoms with van der Waals surface area (Å²) in [6.07, 6.45) is 11.6. The Morgan fingerprint density at radius 3 is 1.37 bits per heavy atom. The number of ether oxygens (including phenoxy) is 1. The number of fused-ring (bicyclic) bond motifs is 10. The Morgan fingerprint density at radius 1 is 0.593 bits per heavy atom. The standard InChI is InChI=1S/C45H56N4O3.C2HF3O2/c50-44(46-33-15-9-30(10-16-33)25-27-48-40-21-22-41(48)37-6-2-1-5-36(37)40)29-52-35-19-13-32(14-20-35)45(51)47-34-17-11-31(12-18-34)26-28-49-42-23-24-43(49)39-8-4-3-7-38(39)42;3-2(4,5)1(6)7/h1-8,13-14,19-20,30-31,33-34,40-43H,9-12,15-18,21-29H2,(H,46,50)(H,47,51);(H,6,7)/t30-,31-,33-,34-,40-,41+,42-,43+;. The van der Waals surface area contributed by atoms with Gasteiger partial charge in [-0.05, 0) is 161 Å². The second-order valence-corrected chi connectivity index (χ2v) is 17.6. The molecule has 3 aromatic rings. The normalized spacial score (nSPS) is 28.3. The van der Waals surface area contributed by atoms with Crippen LogP contribution >= 0.6 is 0 Å². The lowest BCUT2D eigenvalue weighted by Gasteiger charge is -2.31. The fourth-order valence-corrected chi connectivity index (χ4v) is 11.2. The molecule has 3 N–H and O–H groups in total. The van der Waals surface area contributed by atoms with Gasteiger partial charge >= 0.3 is 12.1 Å². The van der Waals surface area contributed by atoms with E-state index in [-0.39, 0.29) is 30.5 Å². The molecule has 6 aliphatic rings. The maximum Gasteiger partial charge on any atom is 0.490 e. The van der Waals surface area contributed by atoms with Crippen molar-refractivity contribution in [2.45, 2.75) is 132 Å². The van der Waals surface area contributed by atoms with Crippen LogP contribution in [0.25, 0.3) is 0 Å². The highest BCUT2D eigenvalue weighted by atomic mass is 19.4. The Labute approximate surface area is 345 Å². The summed E-state index contributed by atoms with van der Waals surface area (Å²) in [7, 11) is 0. The molecule has 0 spiro atoms. The van der Waals surface area contributed by atoms with Crippen LogP contribution in [0.2, 0.25) is 0 Å². The number of benzene rings is 3. The molecule has 0 radical (unpaired) electrons. The van der Waals surface area contributed by atoms with Crippen LogP contribution in [0, 0.1) is 11.8 Å². The Balaban J connectivity index is 0.000000637. The summed E-state index contributed by atoms with van der Waals surface area (Å²) in [6, 6.07) is 28.3. The lowest BCUT2D eigenvalue weighted by Crippen LogP contribution is -2.40. The third-order valence-electron chi connectivity index (χ3n) is 14.2. The molecule has 4 heterocycles. The van der Waals surface area contributed by atoms with Gasteiger partial charge in [0.25, 0.3) is 11.8 Å². The van der Waals surface area contributed by atoms with Crippen molar-refractivity contribution in [3.8, 4) is 5.75 Å². The van der Waals surface area contributed by atoms with Crippen LogP contribution in [0.15, 0.2) is 72.8 Å². The van der Waals surface area contributed by atoms with Crippen molar-refractivity contribution in [1.82, 2.24) is 20.4 Å². The SMILES string of the molecule is O=C(COc1ccc(C(=O)N[C@H]2CC[C@H](CCN3[C@@H]4CC[C@H]3c3ccccc34)CC2)cc1)N[C@H]1CC[C@H](CCN2[C@@H]3CC[C@H]2c2ccccc23)CC1.O=C(O)C(F)(F)F. The summed E-state index contributed by atoms with van der Waals surface area (Å²) in [5.74, 6) is -0.731. The number of nitrogens with one attached hydrogen (secondary N) is 2. The fraction of sp³-hybridized carbons (Fsp3) is 0.553. The predicted octanol–water partition coefficient (Wildman–Crippen LogP) is 9.23. The molecule has 2 saturated heterocycles. The molecule has 4 aliphatic heterocycles. The Hall–Kier alpha value is -4.42. The highest BCUT2D eigenvalue weighted by Crippen LogP contribution is 2.54. The van der Waals surface area contributed by atoms with Gasteiger partial charge in [-0.15, -0.1) is 0 Å². The van der Waals surface area contributed by atoms with Crippen molar-refractivity contribution < 1.29 is 37.4 Å². The molecular weight excluding hydrogens is 758 g/mol. The van der Waals surface area contributed by atoms with Crippen molar-refractivity contribution in [2.75, 3.05) is 19.7 Å². The van der Waals surface area contributed by atoms with E-state index in [0.29, 0.717) is 35.5 Å². The zero-order valence-electron chi connectivity index (χ0n) is 33.7. The number of carbonyl (C=O) groups is 3. The van der Waals surface area contributed by atoms with Crippen LogP contribution < -0.4 is 15.4 Å². The monoisotopic (exact) mass is 814 g/mol. The third-order valence-corrected chi connectivity index (χ3v) is 14.2. The molecule has 0 unspecified atom stereocenters. The number of hydrogen-bond donors (Lipinski definition) is 3. The number of carboxylic acids is 1. The van der Waals surface area contributed by atoms with Gasteiger partial charge in [-0.1, -0.05) is 48.5 Å². The van der Waals surface area contributed by atoms with Gasteiger partial charge in [-0.25, -0.2) is 4.79 Å². The van der Waals surface area contributed by atoms with Crippen molar-refractivity contribution in [3.63, 3.8) is 0 Å². The van der Waals surface area contributed by atoms with Crippen molar-refractivity contribution in [3.05, 3.63) is 101 Å². The molecular formula is C47H57F3N4O5. The first-order valence-corrected chi connectivity index (χ1v) is 21.8. The first-order chi connectivity index (χ1) is 28.5. The topological polar surface area (TPSA) is 111 Å². The average Bonchev–Trinajstić information content (AvgIpc) is 4.01. The van der Waals surface area contributed by atoms with Crippen LogP contribution in [0.5, 0.6) is 5.75 Å². The molecule has 4 atom stereocenters. The quantitative estimate of drug-likeness (QED) is 0.167. The maximum absolute atomic E-state index is 13.1. The molecule has 2 aliphatic carbocycles. The van der Waals surface area contributed by atoms with Crippen molar-refractivity contribution in [2.24, 2.45) is 11.8 Å². The van der Waals surface area contributed by atoms with E-state index in [1.807, 2.05) is 12.1 Å². The smallest absolute Gasteiger partial charge is 0.484 e. The number of carboxylic acid groups (broad SMARTS) is 1. The van der Waals surface area contributed by atoms with Gasteiger partial charge in [0.1, 0.15) is 5.75 Å². The molecule has 4 bridgehead atoms. The van der Waals surface area contributed by atoms with E-state index in [1.165, 1.54) is 77.3 Å². The van der Waals surface area contributed by atoms with Gasteiger partial charge in [-0.2, -0.15) is 13.2 Å². The predicted molar refractivity (Wildman–Crippen MR) is 218 cm³/mol. The molecule has 316 valence electrons. The van der Waals surface area contributed by atoms with E-state index < -0.39 is 12.1 Å². The molecule has 3 aromatic carbocycles. The molecule has 12 heteroatoms. The lowest BCUT2D eigenvalue weighted by atomic mass is 9.84. The van der Waals surface area contributed by atoms with E-state index in [9.17, 15) is 22.8 Å². The number of amides is 2. The van der Waals surface area contributed by atoms with E-state index in [0.717, 1.165) is 37.5 Å². The van der Waals surface area contributed by atoms with Crippen LogP contribution in [0.3, 0.4) is 0 Å². The minimum absolute atomic E-state index is 0.000977. The number of nitrogens with zero attached hydrogens (tertiary/aromatic N) is 2. The zero-order chi connectivity index (χ0) is 41.1. The molecule has 2 amide bonds. The summed E-state index contributed by atoms with van der Waals surface area (Å²) in [4.78, 5) is 40.2. The molecule has 9 nitrogen and oxygen atoms in total. The number of halogens is 3. The fourth-order valence-electron chi connectivity index (χ4n) is 11.2. The highest BCUT2D eigenvalue weighted by Gasteiger charge is 2.44. The third kappa shape index (κ3) is 9.49. The number of rotatable bonds is 12. The number of hydrogen-bond acceptors (Lipinski definition) is 6. The second kappa shape index (κ2) is 18.1. The summed E-state index contributed by atoms with van der Waals surface area (Å²) < 4.78 is 37.6.